The third kappa shape index (κ3) is 5.10. The fraction of sp³-hybridized carbons (Fsp3) is 0.235. The van der Waals surface area contributed by atoms with Gasteiger partial charge in [0.2, 0.25) is 5.91 Å². The second-order valence-electron chi connectivity index (χ2n) is 4.83. The van der Waals surface area contributed by atoms with Crippen molar-refractivity contribution in [1.29, 1.82) is 0 Å². The summed E-state index contributed by atoms with van der Waals surface area (Å²) in [6.45, 7) is 0.800. The van der Waals surface area contributed by atoms with Crippen LogP contribution >= 0.6 is 0 Å². The van der Waals surface area contributed by atoms with Crippen LogP contribution in [0.15, 0.2) is 48.5 Å². The Labute approximate surface area is 130 Å². The summed E-state index contributed by atoms with van der Waals surface area (Å²) in [5.74, 6) is 0.691. The average molecular weight is 300 g/mol. The molecule has 1 amide bonds. The molecule has 0 aliphatic heterocycles. The van der Waals surface area contributed by atoms with E-state index in [-0.39, 0.29) is 5.91 Å². The molecule has 0 radical (unpaired) electrons. The molecule has 0 aliphatic rings. The van der Waals surface area contributed by atoms with Gasteiger partial charge in [0.05, 0.1) is 26.7 Å². The Morgan fingerprint density at radius 1 is 1.18 bits per heavy atom. The number of amides is 1. The summed E-state index contributed by atoms with van der Waals surface area (Å²) in [5.41, 5.74) is 7.98. The fourth-order valence-corrected chi connectivity index (χ4v) is 1.96. The first kappa shape index (κ1) is 15.9. The summed E-state index contributed by atoms with van der Waals surface area (Å²) >= 11 is 0. The highest BCUT2D eigenvalue weighted by Gasteiger charge is 2.03. The molecule has 0 spiro atoms. The van der Waals surface area contributed by atoms with Crippen molar-refractivity contribution in [2.45, 2.75) is 13.0 Å². The second-order valence-corrected chi connectivity index (χ2v) is 4.83. The molecular weight excluding hydrogens is 280 g/mol. The Bertz CT molecular complexity index is 629. The molecule has 0 saturated heterocycles. The number of hydrogen-bond acceptors (Lipinski definition) is 4. The van der Waals surface area contributed by atoms with Gasteiger partial charge in [-0.15, -0.1) is 0 Å². The number of benzene rings is 2. The van der Waals surface area contributed by atoms with Crippen LogP contribution in [-0.4, -0.2) is 19.6 Å². The lowest BCUT2D eigenvalue weighted by Gasteiger charge is -2.07. The van der Waals surface area contributed by atoms with Gasteiger partial charge < -0.3 is 20.5 Å². The summed E-state index contributed by atoms with van der Waals surface area (Å²) in [4.78, 5) is 11.8. The zero-order valence-corrected chi connectivity index (χ0v) is 12.5. The van der Waals surface area contributed by atoms with Crippen molar-refractivity contribution < 1.29 is 14.3 Å². The second kappa shape index (κ2) is 8.05. The molecule has 2 aromatic rings. The molecular formula is C17H20N2O3. The van der Waals surface area contributed by atoms with Crippen molar-refractivity contribution in [2.75, 3.05) is 24.8 Å². The molecule has 0 fully saturated rings. The van der Waals surface area contributed by atoms with Crippen LogP contribution in [0.4, 0.5) is 11.4 Å². The molecule has 0 aliphatic carbocycles. The number of ether oxygens (including phenoxy) is 2. The summed E-state index contributed by atoms with van der Waals surface area (Å²) < 4.78 is 10.7. The molecule has 116 valence electrons. The van der Waals surface area contributed by atoms with Gasteiger partial charge in [0.1, 0.15) is 5.75 Å². The quantitative estimate of drug-likeness (QED) is 0.609. The molecule has 0 heterocycles. The molecule has 2 rings (SSSR count). The molecule has 0 atom stereocenters. The van der Waals surface area contributed by atoms with Crippen molar-refractivity contribution in [1.82, 2.24) is 0 Å². The molecule has 22 heavy (non-hydrogen) atoms. The minimum atomic E-state index is -0.101. The lowest BCUT2D eigenvalue weighted by Crippen LogP contribution is -2.14. The van der Waals surface area contributed by atoms with Gasteiger partial charge >= 0.3 is 0 Å². The van der Waals surface area contributed by atoms with E-state index < -0.39 is 0 Å². The summed E-state index contributed by atoms with van der Waals surface area (Å²) in [6.07, 6.45) is 0.290. The number of nitrogens with one attached hydrogen (secondary N) is 1. The predicted molar refractivity (Wildman–Crippen MR) is 86.8 cm³/mol. The normalized spacial score (nSPS) is 10.2. The van der Waals surface area contributed by atoms with Gasteiger partial charge in [0.15, 0.2) is 0 Å². The first-order chi connectivity index (χ1) is 10.7. The standard InChI is InChI=1S/C17H20N2O3/c1-21-16-7-2-4-13(10-16)12-22-9-8-17(20)19-15-6-3-5-14(18)11-15/h2-7,10-11H,8-9,12,18H2,1H3,(H,19,20). The van der Waals surface area contributed by atoms with E-state index in [1.54, 1.807) is 31.4 Å². The van der Waals surface area contributed by atoms with Crippen LogP contribution in [0, 0.1) is 0 Å². The Balaban J connectivity index is 1.70. The highest BCUT2D eigenvalue weighted by molar-refractivity contribution is 5.91. The maximum atomic E-state index is 11.8. The number of nitrogen functional groups attached to an aromatic ring is 1. The van der Waals surface area contributed by atoms with Gasteiger partial charge in [0, 0.05) is 11.4 Å². The van der Waals surface area contributed by atoms with Crippen molar-refractivity contribution >= 4 is 17.3 Å². The lowest BCUT2D eigenvalue weighted by atomic mass is 10.2. The molecule has 2 aromatic carbocycles. The lowest BCUT2D eigenvalue weighted by molar-refractivity contribution is -0.117. The van der Waals surface area contributed by atoms with Crippen LogP contribution in [0.1, 0.15) is 12.0 Å². The van der Waals surface area contributed by atoms with E-state index in [9.17, 15) is 4.79 Å². The topological polar surface area (TPSA) is 73.6 Å². The zero-order chi connectivity index (χ0) is 15.8. The number of hydrogen-bond donors (Lipinski definition) is 2. The van der Waals surface area contributed by atoms with Gasteiger partial charge in [-0.1, -0.05) is 18.2 Å². The number of carbonyl (C=O) groups is 1. The maximum absolute atomic E-state index is 11.8. The Morgan fingerprint density at radius 3 is 2.77 bits per heavy atom. The van der Waals surface area contributed by atoms with Crippen LogP contribution in [0.3, 0.4) is 0 Å². The van der Waals surface area contributed by atoms with E-state index >= 15 is 0 Å². The number of rotatable bonds is 7. The van der Waals surface area contributed by atoms with Gasteiger partial charge in [-0.25, -0.2) is 0 Å². The zero-order valence-electron chi connectivity index (χ0n) is 12.5. The molecule has 0 unspecified atom stereocenters. The van der Waals surface area contributed by atoms with E-state index in [4.69, 9.17) is 15.2 Å². The number of nitrogens with two attached hydrogens (primary N) is 1. The van der Waals surface area contributed by atoms with Gasteiger partial charge in [-0.2, -0.15) is 0 Å². The van der Waals surface area contributed by atoms with Gasteiger partial charge in [-0.3, -0.25) is 4.79 Å². The number of anilines is 2. The highest BCUT2D eigenvalue weighted by Crippen LogP contribution is 2.14. The molecule has 5 nitrogen and oxygen atoms in total. The summed E-state index contributed by atoms with van der Waals surface area (Å²) in [5, 5.41) is 2.78. The predicted octanol–water partition coefficient (Wildman–Crippen LogP) is 2.82. The molecule has 0 saturated carbocycles. The van der Waals surface area contributed by atoms with E-state index in [1.807, 2.05) is 24.3 Å². The monoisotopic (exact) mass is 300 g/mol. The fourth-order valence-electron chi connectivity index (χ4n) is 1.96. The SMILES string of the molecule is COc1cccc(COCCC(=O)Nc2cccc(N)c2)c1. The van der Waals surface area contributed by atoms with Crippen LogP contribution in [0.2, 0.25) is 0 Å². The summed E-state index contributed by atoms with van der Waals surface area (Å²) in [7, 11) is 1.63. The number of carbonyl (C=O) groups excluding carboxylic acids is 1. The third-order valence-corrected chi connectivity index (χ3v) is 3.05. The van der Waals surface area contributed by atoms with Crippen molar-refractivity contribution in [3.63, 3.8) is 0 Å². The minimum absolute atomic E-state index is 0.101. The van der Waals surface area contributed by atoms with Crippen LogP contribution in [0.5, 0.6) is 5.75 Å². The van der Waals surface area contributed by atoms with E-state index in [2.05, 4.69) is 5.32 Å². The first-order valence-electron chi connectivity index (χ1n) is 7.03. The smallest absolute Gasteiger partial charge is 0.226 e. The van der Waals surface area contributed by atoms with Crippen molar-refractivity contribution in [3.8, 4) is 5.75 Å². The maximum Gasteiger partial charge on any atom is 0.226 e. The molecule has 0 aromatic heterocycles. The largest absolute Gasteiger partial charge is 0.497 e. The van der Waals surface area contributed by atoms with E-state index in [0.29, 0.717) is 31.0 Å². The van der Waals surface area contributed by atoms with E-state index in [1.165, 1.54) is 0 Å². The third-order valence-electron chi connectivity index (χ3n) is 3.05. The molecule has 0 bridgehead atoms. The molecule has 5 heteroatoms. The molecule has 3 N–H and O–H groups in total. The highest BCUT2D eigenvalue weighted by atomic mass is 16.5. The Morgan fingerprint density at radius 2 is 2.00 bits per heavy atom. The van der Waals surface area contributed by atoms with Gasteiger partial charge in [0.25, 0.3) is 0 Å². The van der Waals surface area contributed by atoms with Crippen molar-refractivity contribution in [3.05, 3.63) is 54.1 Å². The Hall–Kier alpha value is -2.53. The Kier molecular flexibility index (Phi) is 5.80. The van der Waals surface area contributed by atoms with Crippen LogP contribution in [-0.2, 0) is 16.1 Å². The van der Waals surface area contributed by atoms with E-state index in [0.717, 1.165) is 11.3 Å². The average Bonchev–Trinajstić information content (AvgIpc) is 2.52. The summed E-state index contributed by atoms with van der Waals surface area (Å²) in [6, 6.07) is 14.7. The van der Waals surface area contributed by atoms with Crippen LogP contribution < -0.4 is 15.8 Å². The van der Waals surface area contributed by atoms with Crippen LogP contribution in [0.25, 0.3) is 0 Å². The minimum Gasteiger partial charge on any atom is -0.497 e. The number of methoxy groups -OCH3 is 1. The van der Waals surface area contributed by atoms with Gasteiger partial charge in [-0.05, 0) is 35.9 Å². The van der Waals surface area contributed by atoms with Crippen molar-refractivity contribution in [2.24, 2.45) is 0 Å². The first-order valence-corrected chi connectivity index (χ1v) is 7.03.